The third-order valence-corrected chi connectivity index (χ3v) is 3.48. The Hall–Kier alpha value is -2.96. The zero-order chi connectivity index (χ0) is 16.4. The van der Waals surface area contributed by atoms with Crippen molar-refractivity contribution in [1.29, 1.82) is 0 Å². The van der Waals surface area contributed by atoms with Crippen molar-refractivity contribution in [3.63, 3.8) is 0 Å². The minimum Gasteiger partial charge on any atom is -0.478 e. The quantitative estimate of drug-likeness (QED) is 0.880. The summed E-state index contributed by atoms with van der Waals surface area (Å²) in [6, 6.07) is 9.19. The minimum atomic E-state index is -2.68. The number of rotatable bonds is 4. The lowest BCUT2D eigenvalue weighted by atomic mass is 9.98. The van der Waals surface area contributed by atoms with Crippen LogP contribution in [-0.2, 0) is 0 Å². The number of nitrogens with zero attached hydrogens (tertiary/aromatic N) is 2. The van der Waals surface area contributed by atoms with E-state index in [-0.39, 0.29) is 5.56 Å². The molecule has 114 valence electrons. The maximum Gasteiger partial charge on any atom is 0.677 e. The Morgan fingerprint density at radius 3 is 2.39 bits per heavy atom. The molecule has 4 nitrogen and oxygen atoms in total. The Balaban J connectivity index is 2.16. The summed E-state index contributed by atoms with van der Waals surface area (Å²) in [4.78, 5) is 15.2. The number of carbonyl (C=O) groups is 1. The molecule has 23 heavy (non-hydrogen) atoms. The molecule has 0 spiro atoms. The van der Waals surface area contributed by atoms with Crippen molar-refractivity contribution in [1.82, 2.24) is 4.48 Å². The van der Waals surface area contributed by atoms with Crippen molar-refractivity contribution in [3.8, 4) is 0 Å². The zero-order valence-electron chi connectivity index (χ0n) is 11.9. The van der Waals surface area contributed by atoms with Crippen LogP contribution < -0.4 is 0 Å². The number of carboxylic acids is 1. The van der Waals surface area contributed by atoms with Gasteiger partial charge in [-0.2, -0.15) is 0 Å². The third kappa shape index (κ3) is 2.85. The van der Waals surface area contributed by atoms with Crippen molar-refractivity contribution >= 4 is 25.2 Å². The van der Waals surface area contributed by atoms with Gasteiger partial charge in [0.25, 0.3) is 0 Å². The molecule has 2 heterocycles. The highest BCUT2D eigenvalue weighted by atomic mass is 19.2. The highest BCUT2D eigenvalue weighted by Gasteiger charge is 2.23. The first kappa shape index (κ1) is 15.0. The second-order valence-electron chi connectivity index (χ2n) is 4.86. The van der Waals surface area contributed by atoms with E-state index in [0.717, 1.165) is 4.48 Å². The van der Waals surface area contributed by atoms with Gasteiger partial charge in [0.05, 0.1) is 11.3 Å². The largest absolute Gasteiger partial charge is 0.677 e. The molecule has 0 bridgehead atoms. The molecule has 0 saturated carbocycles. The average Bonchev–Trinajstić information content (AvgIpc) is 3.20. The Kier molecular flexibility index (Phi) is 3.93. The lowest BCUT2D eigenvalue weighted by Gasteiger charge is -2.13. The fourth-order valence-electron chi connectivity index (χ4n) is 2.43. The van der Waals surface area contributed by atoms with E-state index < -0.39 is 13.4 Å². The van der Waals surface area contributed by atoms with Crippen LogP contribution in [0.1, 0.15) is 21.6 Å². The third-order valence-electron chi connectivity index (χ3n) is 3.48. The molecule has 7 heteroatoms. The molecule has 2 aromatic rings. The van der Waals surface area contributed by atoms with Gasteiger partial charge in [-0.3, -0.25) is 13.6 Å². The van der Waals surface area contributed by atoms with E-state index in [4.69, 9.17) is 5.11 Å². The van der Waals surface area contributed by atoms with Crippen molar-refractivity contribution in [3.05, 3.63) is 77.3 Å². The van der Waals surface area contributed by atoms with Crippen LogP contribution in [0.15, 0.2) is 65.4 Å². The summed E-state index contributed by atoms with van der Waals surface area (Å²) in [5, 5.41) is 8.98. The SMILES string of the molecule is O=C(O)c1ccc(/C(=C2/C=CC=N2)c2cccn2B(F)F)cc1. The summed E-state index contributed by atoms with van der Waals surface area (Å²) >= 11 is 0. The first-order valence-electron chi connectivity index (χ1n) is 6.82. The highest BCUT2D eigenvalue weighted by Crippen LogP contribution is 2.30. The topological polar surface area (TPSA) is 54.6 Å². The van der Waals surface area contributed by atoms with Gasteiger partial charge >= 0.3 is 13.4 Å². The molecular formula is C16H11BF2N2O2. The molecule has 1 aromatic carbocycles. The van der Waals surface area contributed by atoms with Gasteiger partial charge < -0.3 is 9.58 Å². The van der Waals surface area contributed by atoms with E-state index in [1.165, 1.54) is 24.4 Å². The fourth-order valence-corrected chi connectivity index (χ4v) is 2.43. The van der Waals surface area contributed by atoms with Gasteiger partial charge in [0, 0.05) is 17.5 Å². The Morgan fingerprint density at radius 2 is 1.83 bits per heavy atom. The summed E-state index contributed by atoms with van der Waals surface area (Å²) < 4.78 is 27.3. The van der Waals surface area contributed by atoms with E-state index in [0.29, 0.717) is 22.5 Å². The lowest BCUT2D eigenvalue weighted by molar-refractivity contribution is 0.0697. The van der Waals surface area contributed by atoms with Crippen molar-refractivity contribution in [2.75, 3.05) is 0 Å². The van der Waals surface area contributed by atoms with E-state index in [2.05, 4.69) is 4.99 Å². The van der Waals surface area contributed by atoms with Gasteiger partial charge in [0.15, 0.2) is 0 Å². The molecule has 1 aromatic heterocycles. The normalized spacial score (nSPS) is 15.0. The number of halogens is 2. The summed E-state index contributed by atoms with van der Waals surface area (Å²) in [7, 11) is -2.68. The number of hydrogen-bond donors (Lipinski definition) is 1. The first-order chi connectivity index (χ1) is 11.1. The van der Waals surface area contributed by atoms with Gasteiger partial charge in [-0.05, 0) is 48.2 Å². The Bertz CT molecular complexity index is 822. The molecule has 1 aliphatic heterocycles. The van der Waals surface area contributed by atoms with Gasteiger partial charge in [-0.15, -0.1) is 0 Å². The standard InChI is InChI=1S/C16H11BF2N2O2/c18-17(19)21-10-2-4-14(21)15(13-3-1-9-20-13)11-5-7-12(8-6-11)16(22)23/h1-10H,(H,22,23)/b15-13+. The molecular weight excluding hydrogens is 301 g/mol. The number of aromatic carboxylic acids is 1. The fraction of sp³-hybridized carbons (Fsp3) is 0. The second-order valence-corrected chi connectivity index (χ2v) is 4.86. The van der Waals surface area contributed by atoms with Crippen LogP contribution in [0, 0.1) is 0 Å². The molecule has 0 fully saturated rings. The predicted octanol–water partition coefficient (Wildman–Crippen LogP) is 3.36. The van der Waals surface area contributed by atoms with E-state index in [1.807, 2.05) is 0 Å². The van der Waals surface area contributed by atoms with E-state index in [1.54, 1.807) is 36.6 Å². The number of benzene rings is 1. The molecule has 0 radical (unpaired) electrons. The van der Waals surface area contributed by atoms with Crippen LogP contribution in [0.2, 0.25) is 0 Å². The molecule has 1 aliphatic rings. The van der Waals surface area contributed by atoms with Crippen LogP contribution in [0.5, 0.6) is 0 Å². The number of aromatic nitrogens is 1. The average molecular weight is 312 g/mol. The zero-order valence-corrected chi connectivity index (χ0v) is 11.9. The number of hydrogen-bond acceptors (Lipinski definition) is 2. The van der Waals surface area contributed by atoms with Gasteiger partial charge in [-0.1, -0.05) is 12.1 Å². The molecule has 0 unspecified atom stereocenters. The summed E-state index contributed by atoms with van der Waals surface area (Å²) in [5.74, 6) is -1.04. The van der Waals surface area contributed by atoms with Crippen molar-refractivity contribution in [2.24, 2.45) is 4.99 Å². The van der Waals surface area contributed by atoms with Gasteiger partial charge in [-0.25, -0.2) is 4.79 Å². The van der Waals surface area contributed by atoms with Crippen LogP contribution in [0.4, 0.5) is 8.63 Å². The van der Waals surface area contributed by atoms with Gasteiger partial charge in [0.1, 0.15) is 0 Å². The molecule has 1 N–H and O–H groups in total. The smallest absolute Gasteiger partial charge is 0.478 e. The molecule has 0 saturated heterocycles. The second kappa shape index (κ2) is 6.04. The Labute approximate surface area is 131 Å². The van der Waals surface area contributed by atoms with Crippen molar-refractivity contribution in [2.45, 2.75) is 0 Å². The monoisotopic (exact) mass is 312 g/mol. The van der Waals surface area contributed by atoms with Crippen LogP contribution in [-0.4, -0.2) is 29.2 Å². The lowest BCUT2D eigenvalue weighted by Crippen LogP contribution is -2.15. The molecule has 0 atom stereocenters. The van der Waals surface area contributed by atoms with Gasteiger partial charge in [0.2, 0.25) is 0 Å². The Morgan fingerprint density at radius 1 is 1.13 bits per heavy atom. The van der Waals surface area contributed by atoms with Crippen LogP contribution in [0.25, 0.3) is 5.57 Å². The molecule has 3 rings (SSSR count). The van der Waals surface area contributed by atoms with E-state index >= 15 is 0 Å². The minimum absolute atomic E-state index is 0.132. The van der Waals surface area contributed by atoms with Crippen LogP contribution >= 0.6 is 0 Å². The van der Waals surface area contributed by atoms with Crippen molar-refractivity contribution < 1.29 is 18.5 Å². The maximum atomic E-state index is 13.2. The number of carboxylic acid groups (broad SMARTS) is 1. The summed E-state index contributed by atoms with van der Waals surface area (Å²) in [6.07, 6.45) is 6.32. The molecule has 0 amide bonds. The maximum absolute atomic E-state index is 13.2. The highest BCUT2D eigenvalue weighted by molar-refractivity contribution is 6.41. The van der Waals surface area contributed by atoms with E-state index in [9.17, 15) is 13.4 Å². The predicted molar refractivity (Wildman–Crippen MR) is 84.9 cm³/mol. The number of allylic oxidation sites excluding steroid dienone is 2. The summed E-state index contributed by atoms with van der Waals surface area (Å²) in [5.41, 5.74) is 2.15. The summed E-state index contributed by atoms with van der Waals surface area (Å²) in [6.45, 7) is 0. The first-order valence-corrected chi connectivity index (χ1v) is 6.82. The van der Waals surface area contributed by atoms with Crippen LogP contribution in [0.3, 0.4) is 0 Å². The number of aliphatic imine (C=N–C) groups is 1. The molecule has 0 aliphatic carbocycles.